The summed E-state index contributed by atoms with van der Waals surface area (Å²) in [7, 11) is -11.3. The van der Waals surface area contributed by atoms with E-state index in [0.29, 0.717) is 6.42 Å². The Morgan fingerprint density at radius 3 is 1.52 bits per heavy atom. The lowest BCUT2D eigenvalue weighted by molar-refractivity contribution is -0.458. The number of aliphatic carboxylic acids is 1. The Labute approximate surface area is 292 Å². The van der Waals surface area contributed by atoms with Crippen molar-refractivity contribution in [1.29, 1.82) is 0 Å². The van der Waals surface area contributed by atoms with E-state index < -0.39 is 122 Å². The van der Waals surface area contributed by atoms with Crippen LogP contribution in [0, 0.1) is 0 Å². The number of carbonyl (C=O) groups excluding carboxylic acids is 1. The molecule has 1 heterocycles. The zero-order chi connectivity index (χ0) is 43.5. The smallest absolute Gasteiger partial charge is 0.460 e. The van der Waals surface area contributed by atoms with Gasteiger partial charge in [-0.05, 0) is 25.8 Å². The first-order chi connectivity index (χ1) is 23.7. The van der Waals surface area contributed by atoms with E-state index in [9.17, 15) is 106 Å². The minimum Gasteiger partial charge on any atom is -0.480 e. The Morgan fingerprint density at radius 1 is 0.759 bits per heavy atom. The predicted molar refractivity (Wildman–Crippen MR) is 145 cm³/mol. The van der Waals surface area contributed by atoms with Gasteiger partial charge in [0.2, 0.25) is 0 Å². The van der Waals surface area contributed by atoms with Gasteiger partial charge in [0.15, 0.2) is 0 Å². The van der Waals surface area contributed by atoms with E-state index in [-0.39, 0.29) is 30.0 Å². The number of nitrogens with one attached hydrogen (secondary N) is 1. The molecule has 1 aliphatic heterocycles. The number of hydrogen-bond donors (Lipinski definition) is 5. The number of carboxylic acid groups (broad SMARTS) is 1. The van der Waals surface area contributed by atoms with Crippen LogP contribution in [0.25, 0.3) is 0 Å². The van der Waals surface area contributed by atoms with Crippen LogP contribution in [-0.4, -0.2) is 139 Å². The van der Waals surface area contributed by atoms with Crippen LogP contribution in [0.3, 0.4) is 0 Å². The number of rotatable bonds is 17. The van der Waals surface area contributed by atoms with Gasteiger partial charge in [-0.2, -0.15) is 87.4 Å². The van der Waals surface area contributed by atoms with Crippen molar-refractivity contribution in [3.8, 4) is 0 Å². The fourth-order valence-corrected chi connectivity index (χ4v) is 6.07. The van der Waals surface area contributed by atoms with Gasteiger partial charge in [-0.15, -0.1) is 0 Å². The van der Waals surface area contributed by atoms with Gasteiger partial charge in [-0.25, -0.2) is 13.2 Å². The Bertz CT molecular complexity index is 1530. The number of urea groups is 1. The summed E-state index contributed by atoms with van der Waals surface area (Å²) in [6.07, 6.45) is -9.98. The number of amides is 2. The molecule has 1 fully saturated rings. The average molecular weight is 880 g/mol. The number of nitrogens with zero attached hydrogens (tertiary/aromatic N) is 2. The summed E-state index contributed by atoms with van der Waals surface area (Å²) in [5.74, 6) is -54.4. The Balaban J connectivity index is 0.00000363. The van der Waals surface area contributed by atoms with Gasteiger partial charge in [-0.3, -0.25) is 14.7 Å². The van der Waals surface area contributed by atoms with Gasteiger partial charge >= 0.3 is 59.0 Å². The van der Waals surface area contributed by atoms with Crippen molar-refractivity contribution < 1.29 is 111 Å². The van der Waals surface area contributed by atoms with Gasteiger partial charge in [0.1, 0.15) is 6.04 Å². The second-order valence-electron chi connectivity index (χ2n) is 11.0. The second-order valence-corrected chi connectivity index (χ2v) is 14.6. The molecular formula is C22H30F17N5O8S2. The molecule has 54 heavy (non-hydrogen) atoms. The van der Waals surface area contributed by atoms with E-state index in [4.69, 9.17) is 16.0 Å². The maximum atomic E-state index is 14.7. The monoisotopic (exact) mass is 879 g/mol. The lowest BCUT2D eigenvalue weighted by Gasteiger charge is -2.44. The van der Waals surface area contributed by atoms with E-state index in [1.54, 1.807) is 6.92 Å². The lowest BCUT2D eigenvalue weighted by atomic mass is 9.91. The highest BCUT2D eigenvalue weighted by molar-refractivity contribution is 7.90. The van der Waals surface area contributed by atoms with E-state index in [0.717, 1.165) is 0 Å². The van der Waals surface area contributed by atoms with E-state index in [2.05, 4.69) is 0 Å². The zero-order valence-electron chi connectivity index (χ0n) is 26.7. The number of halogens is 17. The topological polar surface area (TPSA) is 213 Å². The minimum atomic E-state index is -8.99. The molecule has 0 bridgehead atoms. The van der Waals surface area contributed by atoms with Gasteiger partial charge in [0.25, 0.3) is 20.1 Å². The molecule has 0 aromatic heterocycles. The Morgan fingerprint density at radius 2 is 1.19 bits per heavy atom. The highest BCUT2D eigenvalue weighted by Gasteiger charge is 2.96. The largest absolute Gasteiger partial charge is 0.480 e. The summed E-state index contributed by atoms with van der Waals surface area (Å²) in [5, 5.41) is 3.50. The molecule has 0 radical (unpaired) electrons. The third-order valence-electron chi connectivity index (χ3n) is 7.08. The summed E-state index contributed by atoms with van der Waals surface area (Å²) in [6, 6.07) is -3.41. The van der Waals surface area contributed by atoms with Crippen LogP contribution in [0.4, 0.5) is 79.4 Å². The maximum Gasteiger partial charge on any atom is 0.460 e. The number of unbranched alkanes of at least 4 members (excludes halogenated alkanes) is 1. The molecule has 2 amide bonds. The third-order valence-corrected chi connectivity index (χ3v) is 9.92. The fourth-order valence-electron chi connectivity index (χ4n) is 4.12. The number of sulfonamides is 1. The van der Waals surface area contributed by atoms with Crippen molar-refractivity contribution in [3.05, 3.63) is 0 Å². The summed E-state index contributed by atoms with van der Waals surface area (Å²) in [4.78, 5) is 23.5. The van der Waals surface area contributed by atoms with Gasteiger partial charge < -0.3 is 21.5 Å². The summed E-state index contributed by atoms with van der Waals surface area (Å²) in [6.45, 7) is -3.10. The molecule has 2 atom stereocenters. The number of carbonyl (C=O) groups is 2. The summed E-state index contributed by atoms with van der Waals surface area (Å²) in [5.41, 5.74) is 10.2. The van der Waals surface area contributed by atoms with E-state index >= 15 is 0 Å². The molecule has 0 aromatic carbocycles. The third kappa shape index (κ3) is 9.62. The summed E-state index contributed by atoms with van der Waals surface area (Å²) >= 11 is 0. The average Bonchev–Trinajstić information content (AvgIpc) is 2.98. The van der Waals surface area contributed by atoms with Crippen molar-refractivity contribution in [2.45, 2.75) is 91.8 Å². The van der Waals surface area contributed by atoms with Crippen LogP contribution in [0.2, 0.25) is 0 Å². The van der Waals surface area contributed by atoms with Crippen molar-refractivity contribution in [2.24, 2.45) is 11.5 Å². The van der Waals surface area contributed by atoms with Crippen molar-refractivity contribution in [2.75, 3.05) is 31.9 Å². The van der Waals surface area contributed by atoms with Crippen molar-refractivity contribution in [3.63, 3.8) is 0 Å². The summed E-state index contributed by atoms with van der Waals surface area (Å²) < 4.78 is 283. The minimum absolute atomic E-state index is 0.00347. The molecule has 0 saturated carbocycles. The molecule has 1 saturated heterocycles. The van der Waals surface area contributed by atoms with Crippen LogP contribution in [0.15, 0.2) is 0 Å². The molecule has 0 aliphatic carbocycles. The van der Waals surface area contributed by atoms with Gasteiger partial charge in [0.05, 0.1) is 11.9 Å². The normalized spacial score (nSPS) is 18.5. The molecule has 1 rings (SSSR count). The zero-order valence-corrected chi connectivity index (χ0v) is 28.3. The number of piperazine rings is 1. The highest BCUT2D eigenvalue weighted by Crippen LogP contribution is 2.64. The van der Waals surface area contributed by atoms with E-state index in [1.165, 1.54) is 0 Å². The van der Waals surface area contributed by atoms with Crippen LogP contribution in [-0.2, 0) is 24.9 Å². The highest BCUT2D eigenvalue weighted by atomic mass is 32.2. The first-order valence-corrected chi connectivity index (χ1v) is 17.2. The van der Waals surface area contributed by atoms with Crippen LogP contribution in [0.1, 0.15) is 32.6 Å². The van der Waals surface area contributed by atoms with Crippen LogP contribution in [0.5, 0.6) is 0 Å². The number of nitrogens with two attached hydrogens (primary N) is 2. The SMILES string of the molecule is CCCS(=O)(=O)O.NCCCC[C@H](NC1CN(S(=O)(=O)C(F)(F)C(F)(F)C(F)(F)C(F)(F)C(F)(F)C(F)(F)C(F)(F)C(F)(F)F)CCN1C(N)=O)C(=O)O. The molecule has 322 valence electrons. The number of alkyl halides is 17. The van der Waals surface area contributed by atoms with Crippen LogP contribution < -0.4 is 16.8 Å². The first kappa shape index (κ1) is 51.3. The molecule has 1 unspecified atom stereocenters. The lowest BCUT2D eigenvalue weighted by Crippen LogP contribution is -2.75. The molecular weight excluding hydrogens is 849 g/mol. The molecule has 0 spiro atoms. The first-order valence-electron chi connectivity index (χ1n) is 14.1. The Kier molecular flexibility index (Phi) is 16.0. The second kappa shape index (κ2) is 16.8. The standard InChI is InChI=1S/C19H22F17N5O5S.C3H8O3S/c20-12(21,14(24,25)16(28,29)18(32,33)34)13(22,23)15(26,27)17(30,31)19(35,36)47(45,46)40-5-6-41(11(38)44)9(7-40)39-8(10(42)43)3-1-2-4-37;1-2-3-7(4,5)6/h8-9,39H,1-7,37H2,(H2,38,44)(H,42,43);2-3H2,1H3,(H,4,5,6)/t8-,9?;/m0./s1. The molecule has 32 heteroatoms. The van der Waals surface area contributed by atoms with Crippen molar-refractivity contribution in [1.82, 2.24) is 14.5 Å². The number of primary amides is 1. The fraction of sp³-hybridized carbons (Fsp3) is 0.909. The maximum absolute atomic E-state index is 14.7. The molecule has 7 N–H and O–H groups in total. The number of carboxylic acids is 1. The predicted octanol–water partition coefficient (Wildman–Crippen LogP) is 3.76. The van der Waals surface area contributed by atoms with Crippen LogP contribution >= 0.6 is 0 Å². The molecule has 13 nitrogen and oxygen atoms in total. The van der Waals surface area contributed by atoms with E-state index in [1.807, 2.05) is 5.32 Å². The van der Waals surface area contributed by atoms with Crippen molar-refractivity contribution >= 4 is 32.1 Å². The molecule has 1 aliphatic rings. The Hall–Kier alpha value is -2.71. The van der Waals surface area contributed by atoms with Gasteiger partial charge in [0, 0.05) is 19.6 Å². The molecule has 0 aromatic rings. The van der Waals surface area contributed by atoms with Gasteiger partial charge in [-0.1, -0.05) is 13.3 Å². The number of hydrogen-bond acceptors (Lipinski definition) is 8. The quantitative estimate of drug-likeness (QED) is 0.0811.